The smallest absolute Gasteiger partial charge is 0.227 e. The van der Waals surface area contributed by atoms with Crippen molar-refractivity contribution in [3.8, 4) is 0 Å². The highest BCUT2D eigenvalue weighted by atomic mass is 15.3. The van der Waals surface area contributed by atoms with E-state index in [0.29, 0.717) is 5.92 Å². The first kappa shape index (κ1) is 13.1. The molecule has 100 valence electrons. The second kappa shape index (κ2) is 6.03. The fourth-order valence-corrected chi connectivity index (χ4v) is 2.26. The SMILES string of the molecule is CCNc1cc(C(C)C)nc(N2CCCCC2)n1. The zero-order chi connectivity index (χ0) is 13.0. The molecule has 2 heterocycles. The van der Waals surface area contributed by atoms with Gasteiger partial charge in [-0.2, -0.15) is 4.98 Å². The van der Waals surface area contributed by atoms with Gasteiger partial charge in [-0.15, -0.1) is 0 Å². The number of rotatable bonds is 4. The molecule has 2 rings (SSSR count). The Labute approximate surface area is 110 Å². The van der Waals surface area contributed by atoms with E-state index in [9.17, 15) is 0 Å². The van der Waals surface area contributed by atoms with Crippen molar-refractivity contribution in [3.63, 3.8) is 0 Å². The first-order valence-corrected chi connectivity index (χ1v) is 7.08. The van der Waals surface area contributed by atoms with Crippen LogP contribution in [0.2, 0.25) is 0 Å². The maximum atomic E-state index is 4.71. The predicted octanol–water partition coefficient (Wildman–Crippen LogP) is 3.02. The van der Waals surface area contributed by atoms with Crippen LogP contribution in [0.25, 0.3) is 0 Å². The Kier molecular flexibility index (Phi) is 4.39. The van der Waals surface area contributed by atoms with E-state index >= 15 is 0 Å². The van der Waals surface area contributed by atoms with E-state index in [2.05, 4.69) is 42.0 Å². The second-order valence-corrected chi connectivity index (χ2v) is 5.21. The Morgan fingerprint density at radius 3 is 2.56 bits per heavy atom. The van der Waals surface area contributed by atoms with E-state index in [-0.39, 0.29) is 0 Å². The normalized spacial score (nSPS) is 16.1. The summed E-state index contributed by atoms with van der Waals surface area (Å²) < 4.78 is 0. The highest BCUT2D eigenvalue weighted by molar-refractivity contribution is 5.44. The van der Waals surface area contributed by atoms with Crippen LogP contribution in [0.15, 0.2) is 6.07 Å². The molecule has 1 N–H and O–H groups in total. The third-order valence-corrected chi connectivity index (χ3v) is 3.32. The van der Waals surface area contributed by atoms with Crippen LogP contribution in [-0.2, 0) is 0 Å². The molecule has 1 aliphatic rings. The Balaban J connectivity index is 2.26. The highest BCUT2D eigenvalue weighted by Gasteiger charge is 2.16. The maximum Gasteiger partial charge on any atom is 0.227 e. The lowest BCUT2D eigenvalue weighted by Crippen LogP contribution is -2.31. The fourth-order valence-electron chi connectivity index (χ4n) is 2.26. The van der Waals surface area contributed by atoms with Gasteiger partial charge in [0.15, 0.2) is 0 Å². The number of hydrogen-bond donors (Lipinski definition) is 1. The molecule has 0 radical (unpaired) electrons. The van der Waals surface area contributed by atoms with Gasteiger partial charge < -0.3 is 10.2 Å². The summed E-state index contributed by atoms with van der Waals surface area (Å²) >= 11 is 0. The molecule has 18 heavy (non-hydrogen) atoms. The Morgan fingerprint density at radius 1 is 1.22 bits per heavy atom. The number of anilines is 2. The first-order valence-electron chi connectivity index (χ1n) is 7.08. The van der Waals surface area contributed by atoms with Gasteiger partial charge in [0.1, 0.15) is 5.82 Å². The molecule has 0 unspecified atom stereocenters. The Morgan fingerprint density at radius 2 is 1.94 bits per heavy atom. The summed E-state index contributed by atoms with van der Waals surface area (Å²) in [6.45, 7) is 9.53. The van der Waals surface area contributed by atoms with Crippen molar-refractivity contribution in [3.05, 3.63) is 11.8 Å². The molecule has 1 saturated heterocycles. The van der Waals surface area contributed by atoms with Crippen molar-refractivity contribution < 1.29 is 0 Å². The van der Waals surface area contributed by atoms with Crippen LogP contribution in [0.3, 0.4) is 0 Å². The second-order valence-electron chi connectivity index (χ2n) is 5.21. The number of hydrogen-bond acceptors (Lipinski definition) is 4. The van der Waals surface area contributed by atoms with Gasteiger partial charge in [0.25, 0.3) is 0 Å². The van der Waals surface area contributed by atoms with E-state index in [4.69, 9.17) is 4.98 Å². The van der Waals surface area contributed by atoms with Crippen molar-refractivity contribution >= 4 is 11.8 Å². The predicted molar refractivity (Wildman–Crippen MR) is 76.3 cm³/mol. The van der Waals surface area contributed by atoms with Crippen molar-refractivity contribution in [2.24, 2.45) is 0 Å². The van der Waals surface area contributed by atoms with Crippen molar-refractivity contribution in [1.29, 1.82) is 0 Å². The van der Waals surface area contributed by atoms with Crippen LogP contribution in [0.5, 0.6) is 0 Å². The molecule has 0 spiro atoms. The summed E-state index contributed by atoms with van der Waals surface area (Å²) in [4.78, 5) is 11.7. The molecule has 4 heteroatoms. The summed E-state index contributed by atoms with van der Waals surface area (Å²) in [5.41, 5.74) is 1.13. The minimum Gasteiger partial charge on any atom is -0.370 e. The highest BCUT2D eigenvalue weighted by Crippen LogP contribution is 2.22. The molecule has 0 saturated carbocycles. The summed E-state index contributed by atoms with van der Waals surface area (Å²) in [6.07, 6.45) is 3.85. The van der Waals surface area contributed by atoms with E-state index in [1.165, 1.54) is 19.3 Å². The van der Waals surface area contributed by atoms with Crippen LogP contribution < -0.4 is 10.2 Å². The molecule has 1 fully saturated rings. The van der Waals surface area contributed by atoms with Crippen molar-refractivity contribution in [2.75, 3.05) is 29.9 Å². The number of nitrogens with zero attached hydrogens (tertiary/aromatic N) is 3. The van der Waals surface area contributed by atoms with Gasteiger partial charge in [-0.05, 0) is 32.1 Å². The minimum absolute atomic E-state index is 0.439. The summed E-state index contributed by atoms with van der Waals surface area (Å²) in [6, 6.07) is 2.07. The van der Waals surface area contributed by atoms with E-state index in [1.54, 1.807) is 0 Å². The maximum absolute atomic E-state index is 4.71. The molecule has 0 amide bonds. The van der Waals surface area contributed by atoms with E-state index in [1.807, 2.05) is 0 Å². The molecule has 0 atom stereocenters. The van der Waals surface area contributed by atoms with E-state index in [0.717, 1.165) is 37.1 Å². The van der Waals surface area contributed by atoms with Gasteiger partial charge in [-0.1, -0.05) is 13.8 Å². The number of aromatic nitrogens is 2. The lowest BCUT2D eigenvalue weighted by atomic mass is 10.1. The average Bonchev–Trinajstić information content (AvgIpc) is 2.40. The van der Waals surface area contributed by atoms with Gasteiger partial charge in [0.05, 0.1) is 5.69 Å². The number of piperidine rings is 1. The van der Waals surface area contributed by atoms with Crippen molar-refractivity contribution in [1.82, 2.24) is 9.97 Å². The molecule has 0 aliphatic carbocycles. The lowest BCUT2D eigenvalue weighted by Gasteiger charge is -2.27. The quantitative estimate of drug-likeness (QED) is 0.889. The van der Waals surface area contributed by atoms with Crippen LogP contribution in [-0.4, -0.2) is 29.6 Å². The lowest BCUT2D eigenvalue weighted by molar-refractivity contribution is 0.566. The van der Waals surface area contributed by atoms with Crippen LogP contribution in [0.4, 0.5) is 11.8 Å². The summed E-state index contributed by atoms with van der Waals surface area (Å²) in [5.74, 6) is 2.29. The molecule has 4 nitrogen and oxygen atoms in total. The zero-order valence-corrected chi connectivity index (χ0v) is 11.7. The molecule has 1 aliphatic heterocycles. The largest absolute Gasteiger partial charge is 0.370 e. The van der Waals surface area contributed by atoms with E-state index < -0.39 is 0 Å². The fraction of sp³-hybridized carbons (Fsp3) is 0.714. The minimum atomic E-state index is 0.439. The first-order chi connectivity index (χ1) is 8.70. The Hall–Kier alpha value is -1.32. The van der Waals surface area contributed by atoms with Gasteiger partial charge in [-0.3, -0.25) is 0 Å². The van der Waals surface area contributed by atoms with Crippen molar-refractivity contribution in [2.45, 2.75) is 46.0 Å². The molecular formula is C14H24N4. The summed E-state index contributed by atoms with van der Waals surface area (Å²) in [5, 5.41) is 3.30. The third kappa shape index (κ3) is 3.12. The standard InChI is InChI=1S/C14H24N4/c1-4-15-13-10-12(11(2)3)16-14(17-13)18-8-6-5-7-9-18/h10-11H,4-9H2,1-3H3,(H,15,16,17). The van der Waals surface area contributed by atoms with Crippen LogP contribution in [0, 0.1) is 0 Å². The zero-order valence-electron chi connectivity index (χ0n) is 11.7. The average molecular weight is 248 g/mol. The van der Waals surface area contributed by atoms with Gasteiger partial charge in [0, 0.05) is 25.7 Å². The number of nitrogens with one attached hydrogen (secondary N) is 1. The van der Waals surface area contributed by atoms with Crippen LogP contribution >= 0.6 is 0 Å². The summed E-state index contributed by atoms with van der Waals surface area (Å²) in [7, 11) is 0. The monoisotopic (exact) mass is 248 g/mol. The molecule has 1 aromatic heterocycles. The van der Waals surface area contributed by atoms with Crippen LogP contribution in [0.1, 0.15) is 51.6 Å². The van der Waals surface area contributed by atoms with Gasteiger partial charge >= 0.3 is 0 Å². The molecule has 0 bridgehead atoms. The Bertz CT molecular complexity index is 383. The molecule has 0 aromatic carbocycles. The topological polar surface area (TPSA) is 41.1 Å². The third-order valence-electron chi connectivity index (χ3n) is 3.32. The van der Waals surface area contributed by atoms with Gasteiger partial charge in [0.2, 0.25) is 5.95 Å². The molecule has 1 aromatic rings. The molecular weight excluding hydrogens is 224 g/mol. The van der Waals surface area contributed by atoms with Gasteiger partial charge in [-0.25, -0.2) is 4.98 Å².